The van der Waals surface area contributed by atoms with Crippen molar-refractivity contribution in [1.29, 1.82) is 0 Å². The smallest absolute Gasteiger partial charge is 0.0237 e. The minimum atomic E-state index is 0.867. The fraction of sp³-hybridized carbons (Fsp3) is 1.00. The second-order valence-corrected chi connectivity index (χ2v) is 5.79. The molecule has 4 heteroatoms. The molecule has 0 aromatic carbocycles. The molecule has 0 aromatic rings. The highest BCUT2D eigenvalue weighted by Crippen LogP contribution is 2.27. The summed E-state index contributed by atoms with van der Waals surface area (Å²) in [6, 6.07) is 0. The molecule has 1 saturated heterocycles. The van der Waals surface area contributed by atoms with Crippen LogP contribution in [0, 0.1) is 0 Å². The second-order valence-electron chi connectivity index (χ2n) is 1.86. The van der Waals surface area contributed by atoms with Gasteiger partial charge in [-0.15, -0.1) is 11.7 Å². The van der Waals surface area contributed by atoms with Crippen LogP contribution in [0.4, 0.5) is 0 Å². The molecule has 1 aliphatic heterocycles. The van der Waals surface area contributed by atoms with Crippen LogP contribution in [-0.4, -0.2) is 28.3 Å². The predicted molar refractivity (Wildman–Crippen MR) is 55.0 cm³/mol. The Morgan fingerprint density at radius 3 is 3.00 bits per heavy atom. The Kier molecular flexibility index (Phi) is 4.82. The van der Waals surface area contributed by atoms with Crippen LogP contribution < -0.4 is 0 Å². The van der Waals surface area contributed by atoms with E-state index < -0.39 is 0 Å². The van der Waals surface area contributed by atoms with Crippen LogP contribution in [-0.2, 0) is 0 Å². The zero-order valence-electron chi connectivity index (χ0n) is 5.08. The molecule has 0 aromatic heterocycles. The first-order chi connectivity index (χ1) is 4.43. The number of rotatable bonds is 2. The molecule has 0 bridgehead atoms. The van der Waals surface area contributed by atoms with Crippen LogP contribution in [0.15, 0.2) is 0 Å². The van der Waals surface area contributed by atoms with Crippen LogP contribution >= 0.6 is 46.0 Å². The van der Waals surface area contributed by atoms with Crippen molar-refractivity contribution < 1.29 is 0 Å². The second kappa shape index (κ2) is 5.10. The quantitative estimate of drug-likeness (QED) is 0.535. The van der Waals surface area contributed by atoms with Gasteiger partial charge in [0.1, 0.15) is 0 Å². The average molecular weight is 198 g/mol. The van der Waals surface area contributed by atoms with Gasteiger partial charge < -0.3 is 0 Å². The van der Waals surface area contributed by atoms with Gasteiger partial charge in [-0.25, -0.2) is 0 Å². The third-order valence-electron chi connectivity index (χ3n) is 1.15. The summed E-state index contributed by atoms with van der Waals surface area (Å²) in [5, 5.41) is 0.867. The van der Waals surface area contributed by atoms with E-state index in [1.54, 1.807) is 10.8 Å². The molecule has 0 nitrogen and oxygen atoms in total. The van der Waals surface area contributed by atoms with Gasteiger partial charge in [-0.1, -0.05) is 10.8 Å². The molecule has 0 radical (unpaired) electrons. The van der Waals surface area contributed by atoms with Gasteiger partial charge in [-0.2, -0.15) is 23.5 Å². The molecule has 0 N–H and O–H groups in total. The highest BCUT2D eigenvalue weighted by Gasteiger charge is 2.12. The molecule has 0 aliphatic carbocycles. The summed E-state index contributed by atoms with van der Waals surface area (Å²) in [7, 11) is 1.67. The Morgan fingerprint density at radius 1 is 1.56 bits per heavy atom. The molecular weight excluding hydrogens is 188 g/mol. The van der Waals surface area contributed by atoms with E-state index in [2.05, 4.69) is 35.2 Å². The van der Waals surface area contributed by atoms with E-state index in [1.165, 1.54) is 23.0 Å². The standard InChI is InChI=1S/C5H10S4/c6-9-4-5-3-7-1-2-8-5/h5-6H,1-4H2. The lowest BCUT2D eigenvalue weighted by molar-refractivity contribution is 1.13. The molecule has 1 atom stereocenters. The van der Waals surface area contributed by atoms with Crippen LogP contribution in [0.1, 0.15) is 0 Å². The maximum Gasteiger partial charge on any atom is 0.0237 e. The molecular formula is C5H10S4. The van der Waals surface area contributed by atoms with E-state index in [4.69, 9.17) is 0 Å². The van der Waals surface area contributed by atoms with Crippen molar-refractivity contribution in [2.75, 3.05) is 23.0 Å². The summed E-state index contributed by atoms with van der Waals surface area (Å²) in [6.07, 6.45) is 0. The molecule has 1 unspecified atom stereocenters. The molecule has 9 heavy (non-hydrogen) atoms. The van der Waals surface area contributed by atoms with Crippen LogP contribution in [0.2, 0.25) is 0 Å². The van der Waals surface area contributed by atoms with Gasteiger partial charge in [0.05, 0.1) is 0 Å². The molecule has 1 heterocycles. The topological polar surface area (TPSA) is 0 Å². The fourth-order valence-electron chi connectivity index (χ4n) is 0.716. The predicted octanol–water partition coefficient (Wildman–Crippen LogP) is 2.41. The van der Waals surface area contributed by atoms with Crippen molar-refractivity contribution in [3.05, 3.63) is 0 Å². The minimum absolute atomic E-state index is 0.867. The summed E-state index contributed by atoms with van der Waals surface area (Å²) < 4.78 is 0. The van der Waals surface area contributed by atoms with Crippen molar-refractivity contribution in [2.45, 2.75) is 5.25 Å². The zero-order chi connectivity index (χ0) is 6.53. The van der Waals surface area contributed by atoms with Gasteiger partial charge in [0.2, 0.25) is 0 Å². The third-order valence-corrected chi connectivity index (χ3v) is 5.20. The van der Waals surface area contributed by atoms with Crippen LogP contribution in [0.5, 0.6) is 0 Å². The molecule has 0 spiro atoms. The summed E-state index contributed by atoms with van der Waals surface area (Å²) in [6.45, 7) is 0. The molecule has 1 fully saturated rings. The Labute approximate surface area is 74.1 Å². The maximum atomic E-state index is 4.12. The normalized spacial score (nSPS) is 28.3. The summed E-state index contributed by atoms with van der Waals surface area (Å²) in [4.78, 5) is 0. The van der Waals surface area contributed by atoms with Crippen molar-refractivity contribution >= 4 is 46.0 Å². The van der Waals surface area contributed by atoms with Crippen molar-refractivity contribution in [3.63, 3.8) is 0 Å². The van der Waals surface area contributed by atoms with Crippen LogP contribution in [0.3, 0.4) is 0 Å². The molecule has 54 valence electrons. The number of thioether (sulfide) groups is 2. The lowest BCUT2D eigenvalue weighted by atomic mass is 10.5. The van der Waals surface area contributed by atoms with Gasteiger partial charge in [-0.05, 0) is 0 Å². The molecule has 0 saturated carbocycles. The van der Waals surface area contributed by atoms with E-state index in [0.717, 1.165) is 5.25 Å². The zero-order valence-corrected chi connectivity index (χ0v) is 8.42. The van der Waals surface area contributed by atoms with E-state index in [1.807, 2.05) is 0 Å². The summed E-state index contributed by atoms with van der Waals surface area (Å²) >= 11 is 8.30. The first-order valence-corrected chi connectivity index (χ1v) is 7.13. The Morgan fingerprint density at radius 2 is 2.44 bits per heavy atom. The van der Waals surface area contributed by atoms with Gasteiger partial charge in [0.25, 0.3) is 0 Å². The number of hydrogen-bond acceptors (Lipinski definition) is 4. The lowest BCUT2D eigenvalue weighted by Gasteiger charge is -2.18. The molecule has 1 rings (SSSR count). The monoisotopic (exact) mass is 198 g/mol. The van der Waals surface area contributed by atoms with Crippen molar-refractivity contribution in [3.8, 4) is 0 Å². The SMILES string of the molecule is SSCC1CSCCS1. The highest BCUT2D eigenvalue weighted by atomic mass is 33.1. The van der Waals surface area contributed by atoms with E-state index in [9.17, 15) is 0 Å². The van der Waals surface area contributed by atoms with Crippen LogP contribution in [0.25, 0.3) is 0 Å². The van der Waals surface area contributed by atoms with E-state index in [-0.39, 0.29) is 0 Å². The molecule has 1 aliphatic rings. The summed E-state index contributed by atoms with van der Waals surface area (Å²) in [5.74, 6) is 5.22. The Bertz CT molecular complexity index is 66.6. The maximum absolute atomic E-state index is 4.12. The first-order valence-electron chi connectivity index (χ1n) is 2.89. The minimum Gasteiger partial charge on any atom is -0.160 e. The number of hydrogen-bond donors (Lipinski definition) is 1. The Balaban J connectivity index is 2.08. The third kappa shape index (κ3) is 3.35. The average Bonchev–Trinajstić information content (AvgIpc) is 1.91. The van der Waals surface area contributed by atoms with Gasteiger partial charge >= 0.3 is 0 Å². The Hall–Kier alpha value is 1.40. The first kappa shape index (κ1) is 8.50. The van der Waals surface area contributed by atoms with E-state index >= 15 is 0 Å². The molecule has 0 amide bonds. The van der Waals surface area contributed by atoms with E-state index in [0.29, 0.717) is 0 Å². The van der Waals surface area contributed by atoms with Gasteiger partial charge in [0.15, 0.2) is 0 Å². The fourth-order valence-corrected chi connectivity index (χ4v) is 4.99. The lowest BCUT2D eigenvalue weighted by Crippen LogP contribution is -2.15. The van der Waals surface area contributed by atoms with Gasteiger partial charge in [-0.3, -0.25) is 0 Å². The van der Waals surface area contributed by atoms with Crippen molar-refractivity contribution in [1.82, 2.24) is 0 Å². The summed E-state index contributed by atoms with van der Waals surface area (Å²) in [5.41, 5.74) is 0. The highest BCUT2D eigenvalue weighted by molar-refractivity contribution is 8.68. The van der Waals surface area contributed by atoms with Crippen molar-refractivity contribution in [2.24, 2.45) is 0 Å². The number of thiol groups is 1. The van der Waals surface area contributed by atoms with Gasteiger partial charge in [0, 0.05) is 28.3 Å². The largest absolute Gasteiger partial charge is 0.160 e.